The van der Waals surface area contributed by atoms with E-state index < -0.39 is 27.9 Å². The van der Waals surface area contributed by atoms with E-state index in [-0.39, 0.29) is 36.0 Å². The summed E-state index contributed by atoms with van der Waals surface area (Å²) in [6, 6.07) is 5.91. The van der Waals surface area contributed by atoms with Gasteiger partial charge in [0.2, 0.25) is 5.95 Å². The van der Waals surface area contributed by atoms with Crippen LogP contribution in [0.25, 0.3) is 22.1 Å². The van der Waals surface area contributed by atoms with E-state index in [0.717, 1.165) is 17.4 Å². The summed E-state index contributed by atoms with van der Waals surface area (Å²) in [7, 11) is 1.56. The van der Waals surface area contributed by atoms with Crippen molar-refractivity contribution in [3.8, 4) is 11.8 Å². The zero-order chi connectivity index (χ0) is 31.1. The molecule has 43 heavy (non-hydrogen) atoms. The van der Waals surface area contributed by atoms with Gasteiger partial charge in [-0.1, -0.05) is 5.92 Å². The van der Waals surface area contributed by atoms with Crippen LogP contribution in [0.3, 0.4) is 0 Å². The van der Waals surface area contributed by atoms with Gasteiger partial charge in [-0.05, 0) is 52.7 Å². The van der Waals surface area contributed by atoms with Gasteiger partial charge >= 0.3 is 11.8 Å². The number of nitrogens with zero attached hydrogens (tertiary/aromatic N) is 6. The number of hydrogen-bond donors (Lipinski definition) is 2. The first-order valence-corrected chi connectivity index (χ1v) is 14.0. The summed E-state index contributed by atoms with van der Waals surface area (Å²) in [6.07, 6.45) is 1.02. The molecule has 1 aliphatic rings. The summed E-state index contributed by atoms with van der Waals surface area (Å²) < 4.78 is 9.60. The summed E-state index contributed by atoms with van der Waals surface area (Å²) in [6.45, 7) is 8.29. The number of nitrogens with one attached hydrogen (secondary N) is 2. The molecule has 1 saturated heterocycles. The first-order valence-electron chi connectivity index (χ1n) is 14.0. The van der Waals surface area contributed by atoms with Crippen LogP contribution in [0.15, 0.2) is 33.9 Å². The highest BCUT2D eigenvalue weighted by Crippen LogP contribution is 2.25. The fraction of sp³-hybridized carbons (Fsp3) is 0.448. The molecule has 0 radical (unpaired) electrons. The number of rotatable bonds is 6. The number of hydrogen-bond acceptors (Lipinski definition) is 8. The highest BCUT2D eigenvalue weighted by Gasteiger charge is 2.29. The molecule has 0 spiro atoms. The third-order valence-corrected chi connectivity index (χ3v) is 7.25. The Bertz CT molecular complexity index is 1910. The van der Waals surface area contributed by atoms with E-state index in [0.29, 0.717) is 35.6 Å². The van der Waals surface area contributed by atoms with E-state index in [9.17, 15) is 24.5 Å². The average molecular weight is 591 g/mol. The van der Waals surface area contributed by atoms with Crippen molar-refractivity contribution in [3.63, 3.8) is 0 Å². The lowest BCUT2D eigenvalue weighted by Crippen LogP contribution is -2.49. The Morgan fingerprint density at radius 3 is 2.72 bits per heavy atom. The Morgan fingerprint density at radius 2 is 2.02 bits per heavy atom. The van der Waals surface area contributed by atoms with Gasteiger partial charge < -0.3 is 19.9 Å². The zero-order valence-corrected chi connectivity index (χ0v) is 24.8. The number of non-ortho nitro benzene ring substituents is 1. The monoisotopic (exact) mass is 590 g/mol. The number of imidazole rings is 1. The molecule has 1 aromatic carbocycles. The molecule has 1 atom stereocenters. The van der Waals surface area contributed by atoms with Gasteiger partial charge in [-0.25, -0.2) is 9.59 Å². The summed E-state index contributed by atoms with van der Waals surface area (Å²) in [5, 5.41) is 14.7. The van der Waals surface area contributed by atoms with Crippen LogP contribution in [-0.4, -0.2) is 59.4 Å². The van der Waals surface area contributed by atoms with Gasteiger partial charge in [-0.15, -0.1) is 5.92 Å². The van der Waals surface area contributed by atoms with Crippen molar-refractivity contribution in [1.82, 2.24) is 29.0 Å². The number of anilines is 1. The Hall–Kier alpha value is -5.06. The van der Waals surface area contributed by atoms with Crippen LogP contribution in [0.4, 0.5) is 16.4 Å². The van der Waals surface area contributed by atoms with Gasteiger partial charge in [0.1, 0.15) is 5.60 Å². The van der Waals surface area contributed by atoms with Crippen molar-refractivity contribution < 1.29 is 14.5 Å². The topological polar surface area (TPSA) is 162 Å². The first kappa shape index (κ1) is 29.4. The van der Waals surface area contributed by atoms with Gasteiger partial charge in [0, 0.05) is 54.9 Å². The third-order valence-electron chi connectivity index (χ3n) is 7.25. The lowest BCUT2D eigenvalue weighted by Gasteiger charge is -2.34. The number of carbonyl (C=O) groups is 1. The SMILES string of the molecule is CC#CCn1c(N2CCCC(NC(=O)OC(C)(C)C)C2)nc2c1c(=O)n(Cc1cc3cc([N+](=O)[O-])ccc3[nH]1)c(=O)n2C. The van der Waals surface area contributed by atoms with E-state index in [1.807, 2.05) is 4.90 Å². The van der Waals surface area contributed by atoms with E-state index >= 15 is 0 Å². The number of nitro groups is 1. The Kier molecular flexibility index (Phi) is 7.74. The van der Waals surface area contributed by atoms with E-state index in [2.05, 4.69) is 22.1 Å². The molecular weight excluding hydrogens is 556 g/mol. The number of alkyl carbamates (subject to hydrolysis) is 1. The van der Waals surface area contributed by atoms with Gasteiger partial charge in [0.05, 0.1) is 18.0 Å². The number of nitro benzene ring substituents is 1. The van der Waals surface area contributed by atoms with Crippen molar-refractivity contribution in [2.45, 2.75) is 65.3 Å². The maximum atomic E-state index is 13.9. The minimum Gasteiger partial charge on any atom is -0.444 e. The van der Waals surface area contributed by atoms with Crippen LogP contribution in [0, 0.1) is 22.0 Å². The molecule has 1 fully saturated rings. The molecule has 2 N–H and O–H groups in total. The number of benzene rings is 1. The molecule has 3 aromatic heterocycles. The summed E-state index contributed by atoms with van der Waals surface area (Å²) in [4.78, 5) is 60.4. The fourth-order valence-electron chi connectivity index (χ4n) is 5.35. The molecule has 4 heterocycles. The minimum absolute atomic E-state index is 0.0535. The van der Waals surface area contributed by atoms with Crippen molar-refractivity contribution in [1.29, 1.82) is 0 Å². The predicted molar refractivity (Wildman–Crippen MR) is 161 cm³/mol. The smallest absolute Gasteiger partial charge is 0.407 e. The summed E-state index contributed by atoms with van der Waals surface area (Å²) in [5.41, 5.74) is -0.106. The highest BCUT2D eigenvalue weighted by atomic mass is 16.6. The molecule has 1 unspecified atom stereocenters. The number of aromatic amines is 1. The Balaban J connectivity index is 1.53. The van der Waals surface area contributed by atoms with Crippen LogP contribution >= 0.6 is 0 Å². The molecule has 0 bridgehead atoms. The van der Waals surface area contributed by atoms with Gasteiger partial charge in [-0.3, -0.25) is 28.6 Å². The molecule has 0 aliphatic carbocycles. The standard InChI is InChI=1S/C29H34N8O6/c1-6-7-13-35-23-24(32-26(35)34-12-8-9-19(16-34)31-27(39)43-29(2,3)4)33(5)28(40)36(25(23)38)17-20-14-18-15-21(37(41)42)10-11-22(18)30-20/h10-11,14-15,19,30H,8-9,12-13,16-17H2,1-5H3,(H,31,39). The number of piperidine rings is 1. The molecule has 4 aromatic rings. The number of aryl methyl sites for hydroxylation is 1. The molecule has 1 aliphatic heterocycles. The zero-order valence-electron chi connectivity index (χ0n) is 24.8. The molecule has 1 amide bonds. The summed E-state index contributed by atoms with van der Waals surface area (Å²) in [5.74, 6) is 6.36. The van der Waals surface area contributed by atoms with Crippen molar-refractivity contribution in [3.05, 3.63) is 60.9 Å². The molecule has 14 nitrogen and oxygen atoms in total. The Labute approximate surface area is 246 Å². The van der Waals surface area contributed by atoms with Crippen molar-refractivity contribution in [2.75, 3.05) is 18.0 Å². The highest BCUT2D eigenvalue weighted by molar-refractivity contribution is 5.82. The first-order chi connectivity index (χ1) is 20.4. The second-order valence-corrected chi connectivity index (χ2v) is 11.6. The molecule has 14 heteroatoms. The Morgan fingerprint density at radius 1 is 1.26 bits per heavy atom. The maximum Gasteiger partial charge on any atom is 0.407 e. The lowest BCUT2D eigenvalue weighted by atomic mass is 10.1. The minimum atomic E-state index is -0.624. The molecular formula is C29H34N8O6. The van der Waals surface area contributed by atoms with Gasteiger partial charge in [0.25, 0.3) is 11.2 Å². The third kappa shape index (κ3) is 5.97. The summed E-state index contributed by atoms with van der Waals surface area (Å²) >= 11 is 0. The second-order valence-electron chi connectivity index (χ2n) is 11.6. The van der Waals surface area contributed by atoms with E-state index in [1.54, 1.807) is 51.4 Å². The number of fused-ring (bicyclic) bond motifs is 2. The van der Waals surface area contributed by atoms with Crippen molar-refractivity contribution in [2.24, 2.45) is 7.05 Å². The van der Waals surface area contributed by atoms with Crippen LogP contribution in [-0.2, 0) is 24.9 Å². The number of amides is 1. The predicted octanol–water partition coefficient (Wildman–Crippen LogP) is 2.85. The number of ether oxygens (including phenoxy) is 1. The van der Waals surface area contributed by atoms with E-state index in [4.69, 9.17) is 9.72 Å². The lowest BCUT2D eigenvalue weighted by molar-refractivity contribution is -0.384. The van der Waals surface area contributed by atoms with Crippen LogP contribution in [0.2, 0.25) is 0 Å². The molecule has 226 valence electrons. The fourth-order valence-corrected chi connectivity index (χ4v) is 5.35. The van der Waals surface area contributed by atoms with E-state index in [1.165, 1.54) is 16.7 Å². The van der Waals surface area contributed by atoms with Crippen LogP contribution in [0.1, 0.15) is 46.2 Å². The quantitative estimate of drug-likeness (QED) is 0.197. The van der Waals surface area contributed by atoms with Crippen molar-refractivity contribution >= 4 is 39.8 Å². The second kappa shape index (κ2) is 11.3. The maximum absolute atomic E-state index is 13.9. The largest absolute Gasteiger partial charge is 0.444 e. The number of aromatic nitrogens is 5. The molecule has 0 saturated carbocycles. The number of carbonyl (C=O) groups excluding carboxylic acids is 1. The van der Waals surface area contributed by atoms with Gasteiger partial charge in [-0.2, -0.15) is 4.98 Å². The average Bonchev–Trinajstić information content (AvgIpc) is 3.53. The van der Waals surface area contributed by atoms with Crippen LogP contribution in [0.5, 0.6) is 0 Å². The van der Waals surface area contributed by atoms with Crippen LogP contribution < -0.4 is 21.5 Å². The normalized spacial score (nSPS) is 15.4. The molecule has 5 rings (SSSR count). The number of H-pyrrole nitrogens is 1. The van der Waals surface area contributed by atoms with Gasteiger partial charge in [0.15, 0.2) is 11.2 Å².